The van der Waals surface area contributed by atoms with E-state index in [0.717, 1.165) is 18.6 Å². The van der Waals surface area contributed by atoms with Crippen molar-refractivity contribution in [1.29, 1.82) is 0 Å². The van der Waals surface area contributed by atoms with E-state index in [1.807, 2.05) is 6.07 Å². The first-order chi connectivity index (χ1) is 5.27. The molecule has 1 aliphatic rings. The minimum absolute atomic E-state index is 0.243. The Labute approximate surface area is 64.8 Å². The Kier molecular flexibility index (Phi) is 1.51. The van der Waals surface area contributed by atoms with E-state index in [9.17, 15) is 0 Å². The van der Waals surface area contributed by atoms with Crippen LogP contribution >= 0.6 is 0 Å². The summed E-state index contributed by atoms with van der Waals surface area (Å²) in [5.41, 5.74) is 0.243. The van der Waals surface area contributed by atoms with Crippen LogP contribution in [0.15, 0.2) is 16.5 Å². The highest BCUT2D eigenvalue weighted by Crippen LogP contribution is 2.39. The Morgan fingerprint density at radius 3 is 2.55 bits per heavy atom. The Hall–Kier alpha value is -0.735. The largest absolute Gasteiger partial charge is 0.526 e. The van der Waals surface area contributed by atoms with Crippen molar-refractivity contribution in [3.8, 4) is 0 Å². The van der Waals surface area contributed by atoms with E-state index in [1.165, 1.54) is 0 Å². The smallest absolute Gasteiger partial charge is 0.469 e. The van der Waals surface area contributed by atoms with Crippen LogP contribution in [0.1, 0.15) is 24.5 Å². The average Bonchev–Trinajstić information content (AvgIpc) is 2.68. The van der Waals surface area contributed by atoms with E-state index < -0.39 is 7.12 Å². The Balaban J connectivity index is 2.18. The lowest BCUT2D eigenvalue weighted by Gasteiger charge is -1.91. The highest BCUT2D eigenvalue weighted by Gasteiger charge is 2.28. The molecule has 1 aromatic rings. The normalized spacial score (nSPS) is 16.9. The van der Waals surface area contributed by atoms with Crippen molar-refractivity contribution in [2.24, 2.45) is 0 Å². The number of rotatable bonds is 2. The Morgan fingerprint density at radius 1 is 1.36 bits per heavy atom. The summed E-state index contributed by atoms with van der Waals surface area (Å²) in [7, 11) is -1.47. The van der Waals surface area contributed by atoms with Crippen LogP contribution in [0.25, 0.3) is 0 Å². The molecule has 0 aromatic carbocycles. The topological polar surface area (TPSA) is 53.6 Å². The molecular weight excluding hydrogens is 143 g/mol. The fourth-order valence-electron chi connectivity index (χ4n) is 1.09. The van der Waals surface area contributed by atoms with Crippen LogP contribution in [0.3, 0.4) is 0 Å². The monoisotopic (exact) mass is 152 g/mol. The van der Waals surface area contributed by atoms with Crippen molar-refractivity contribution in [3.63, 3.8) is 0 Å². The molecule has 0 radical (unpaired) electrons. The van der Waals surface area contributed by atoms with E-state index in [4.69, 9.17) is 14.5 Å². The third kappa shape index (κ3) is 1.32. The third-order valence-corrected chi connectivity index (χ3v) is 1.88. The molecule has 0 unspecified atom stereocenters. The first kappa shape index (κ1) is 6.94. The first-order valence-electron chi connectivity index (χ1n) is 3.73. The minimum atomic E-state index is -1.47. The molecule has 2 rings (SSSR count). The van der Waals surface area contributed by atoms with Crippen LogP contribution in [0.4, 0.5) is 0 Å². The lowest BCUT2D eigenvalue weighted by atomic mass is 9.88. The van der Waals surface area contributed by atoms with E-state index in [-0.39, 0.29) is 5.66 Å². The number of hydrogen-bond acceptors (Lipinski definition) is 3. The SMILES string of the molecule is OB(O)c1ccc(C2CC2)o1. The summed E-state index contributed by atoms with van der Waals surface area (Å²) < 4.78 is 5.17. The summed E-state index contributed by atoms with van der Waals surface area (Å²) in [6.45, 7) is 0. The molecule has 0 saturated heterocycles. The molecule has 58 valence electrons. The molecule has 0 spiro atoms. The maximum atomic E-state index is 8.70. The van der Waals surface area contributed by atoms with Gasteiger partial charge in [-0.1, -0.05) is 0 Å². The van der Waals surface area contributed by atoms with Gasteiger partial charge in [0.05, 0.1) is 0 Å². The summed E-state index contributed by atoms with van der Waals surface area (Å²) in [5, 5.41) is 17.4. The van der Waals surface area contributed by atoms with E-state index in [1.54, 1.807) is 6.07 Å². The zero-order valence-electron chi connectivity index (χ0n) is 6.03. The molecule has 1 saturated carbocycles. The zero-order valence-corrected chi connectivity index (χ0v) is 6.03. The van der Waals surface area contributed by atoms with Crippen molar-refractivity contribution in [2.45, 2.75) is 18.8 Å². The molecule has 0 amide bonds. The van der Waals surface area contributed by atoms with Crippen LogP contribution in [0.2, 0.25) is 0 Å². The van der Waals surface area contributed by atoms with Crippen molar-refractivity contribution < 1.29 is 14.5 Å². The summed E-state index contributed by atoms with van der Waals surface area (Å²) in [5.74, 6) is 1.41. The molecule has 2 N–H and O–H groups in total. The Bertz CT molecular complexity index is 235. The van der Waals surface area contributed by atoms with Gasteiger partial charge in [-0.05, 0) is 25.0 Å². The van der Waals surface area contributed by atoms with Crippen LogP contribution < -0.4 is 5.66 Å². The predicted octanol–water partition coefficient (Wildman–Crippen LogP) is -0.163. The second kappa shape index (κ2) is 2.39. The number of hydrogen-bond donors (Lipinski definition) is 2. The van der Waals surface area contributed by atoms with Crippen LogP contribution in [0, 0.1) is 0 Å². The summed E-state index contributed by atoms with van der Waals surface area (Å²) >= 11 is 0. The van der Waals surface area contributed by atoms with Gasteiger partial charge in [-0.15, -0.1) is 0 Å². The minimum Gasteiger partial charge on any atom is -0.469 e. The van der Waals surface area contributed by atoms with Gasteiger partial charge in [0.2, 0.25) is 0 Å². The lowest BCUT2D eigenvalue weighted by molar-refractivity contribution is 0.405. The van der Waals surface area contributed by atoms with Gasteiger partial charge in [0.15, 0.2) is 0 Å². The van der Waals surface area contributed by atoms with Crippen molar-refractivity contribution in [3.05, 3.63) is 17.9 Å². The molecule has 0 bridgehead atoms. The van der Waals surface area contributed by atoms with Gasteiger partial charge in [0, 0.05) is 5.92 Å². The fraction of sp³-hybridized carbons (Fsp3) is 0.429. The van der Waals surface area contributed by atoms with E-state index >= 15 is 0 Å². The molecule has 0 atom stereocenters. The molecule has 3 nitrogen and oxygen atoms in total. The van der Waals surface area contributed by atoms with Gasteiger partial charge >= 0.3 is 7.12 Å². The van der Waals surface area contributed by atoms with Crippen LogP contribution in [0.5, 0.6) is 0 Å². The van der Waals surface area contributed by atoms with Crippen molar-refractivity contribution >= 4 is 12.8 Å². The van der Waals surface area contributed by atoms with Crippen molar-refractivity contribution in [2.75, 3.05) is 0 Å². The van der Waals surface area contributed by atoms with Gasteiger partial charge in [-0.25, -0.2) is 0 Å². The molecular formula is C7H9BO3. The van der Waals surface area contributed by atoms with Crippen LogP contribution in [-0.4, -0.2) is 17.2 Å². The maximum Gasteiger partial charge on any atom is 0.526 e. The molecule has 0 aliphatic heterocycles. The quantitative estimate of drug-likeness (QED) is 0.578. The third-order valence-electron chi connectivity index (χ3n) is 1.88. The van der Waals surface area contributed by atoms with E-state index in [2.05, 4.69) is 0 Å². The van der Waals surface area contributed by atoms with Gasteiger partial charge in [-0.3, -0.25) is 0 Å². The lowest BCUT2D eigenvalue weighted by Crippen LogP contribution is -2.27. The average molecular weight is 152 g/mol. The summed E-state index contributed by atoms with van der Waals surface area (Å²) in [6.07, 6.45) is 2.32. The summed E-state index contributed by atoms with van der Waals surface area (Å²) in [4.78, 5) is 0. The van der Waals surface area contributed by atoms with Crippen LogP contribution in [-0.2, 0) is 0 Å². The molecule has 1 fully saturated rings. The fourth-order valence-corrected chi connectivity index (χ4v) is 1.09. The molecule has 4 heteroatoms. The Morgan fingerprint density at radius 2 is 2.09 bits per heavy atom. The second-order valence-electron chi connectivity index (χ2n) is 2.89. The predicted molar refractivity (Wildman–Crippen MR) is 40.5 cm³/mol. The van der Waals surface area contributed by atoms with Gasteiger partial charge in [0.25, 0.3) is 0 Å². The molecule has 1 heterocycles. The zero-order chi connectivity index (χ0) is 7.84. The maximum absolute atomic E-state index is 8.70. The second-order valence-corrected chi connectivity index (χ2v) is 2.89. The molecule has 11 heavy (non-hydrogen) atoms. The highest BCUT2D eigenvalue weighted by atomic mass is 16.4. The number of furan rings is 1. The highest BCUT2D eigenvalue weighted by molar-refractivity contribution is 6.56. The summed E-state index contributed by atoms with van der Waals surface area (Å²) in [6, 6.07) is 3.42. The van der Waals surface area contributed by atoms with Gasteiger partial charge in [0.1, 0.15) is 11.4 Å². The standard InChI is InChI=1S/C7H9BO3/c9-8(10)7-4-3-6(11-7)5-1-2-5/h3-5,9-10H,1-2H2. The first-order valence-corrected chi connectivity index (χ1v) is 3.73. The van der Waals surface area contributed by atoms with Crippen molar-refractivity contribution in [1.82, 2.24) is 0 Å². The van der Waals surface area contributed by atoms with Gasteiger partial charge < -0.3 is 14.5 Å². The van der Waals surface area contributed by atoms with Gasteiger partial charge in [-0.2, -0.15) is 0 Å². The van der Waals surface area contributed by atoms with E-state index in [0.29, 0.717) is 5.92 Å². The molecule has 1 aromatic heterocycles. The molecule has 1 aliphatic carbocycles.